The molecule has 1 aliphatic rings. The summed E-state index contributed by atoms with van der Waals surface area (Å²) >= 11 is 0. The summed E-state index contributed by atoms with van der Waals surface area (Å²) in [6, 6.07) is 3.15. The maximum Gasteiger partial charge on any atom is 0.148 e. The number of halogens is 1. The van der Waals surface area contributed by atoms with Crippen LogP contribution in [0.3, 0.4) is 0 Å². The summed E-state index contributed by atoms with van der Waals surface area (Å²) in [5.41, 5.74) is 0.505. The Morgan fingerprint density at radius 3 is 3.31 bits per heavy atom. The van der Waals surface area contributed by atoms with E-state index in [0.29, 0.717) is 18.7 Å². The van der Waals surface area contributed by atoms with Crippen LogP contribution >= 0.6 is 0 Å². The summed E-state index contributed by atoms with van der Waals surface area (Å²) in [4.78, 5) is 4.26. The standard InChI is InChI=1S/C11H12FN3O/c12-8-2-1-4-15-10(8)6-14-11(15)9-7-16-5-3-13-9/h1-2,4,6,9,13H,3,5,7H2. The summed E-state index contributed by atoms with van der Waals surface area (Å²) < 4.78 is 20.6. The molecule has 4 nitrogen and oxygen atoms in total. The lowest BCUT2D eigenvalue weighted by atomic mass is 10.2. The largest absolute Gasteiger partial charge is 0.378 e. The molecule has 84 valence electrons. The van der Waals surface area contributed by atoms with Crippen LogP contribution in [0.4, 0.5) is 4.39 Å². The molecule has 1 saturated heterocycles. The third-order valence-electron chi connectivity index (χ3n) is 2.78. The first-order valence-corrected chi connectivity index (χ1v) is 5.29. The third-order valence-corrected chi connectivity index (χ3v) is 2.78. The fourth-order valence-electron chi connectivity index (χ4n) is 2.00. The number of rotatable bonds is 1. The second-order valence-electron chi connectivity index (χ2n) is 3.81. The Kier molecular flexibility index (Phi) is 2.34. The summed E-state index contributed by atoms with van der Waals surface area (Å²) in [7, 11) is 0. The second-order valence-corrected chi connectivity index (χ2v) is 3.81. The van der Waals surface area contributed by atoms with Crippen molar-refractivity contribution in [2.24, 2.45) is 0 Å². The zero-order valence-electron chi connectivity index (χ0n) is 8.69. The number of fused-ring (bicyclic) bond motifs is 1. The molecular formula is C11H12FN3O. The van der Waals surface area contributed by atoms with Crippen LogP contribution in [0.5, 0.6) is 0 Å². The van der Waals surface area contributed by atoms with Crippen LogP contribution in [0.1, 0.15) is 11.9 Å². The van der Waals surface area contributed by atoms with Gasteiger partial charge in [-0.05, 0) is 12.1 Å². The highest BCUT2D eigenvalue weighted by atomic mass is 19.1. The van der Waals surface area contributed by atoms with Crippen molar-refractivity contribution in [3.05, 3.63) is 36.2 Å². The molecule has 16 heavy (non-hydrogen) atoms. The van der Waals surface area contributed by atoms with Crippen molar-refractivity contribution in [1.82, 2.24) is 14.7 Å². The maximum atomic E-state index is 13.5. The molecule has 0 aliphatic carbocycles. The van der Waals surface area contributed by atoms with Crippen LogP contribution < -0.4 is 5.32 Å². The van der Waals surface area contributed by atoms with Gasteiger partial charge < -0.3 is 10.1 Å². The average Bonchev–Trinajstić information content (AvgIpc) is 2.75. The van der Waals surface area contributed by atoms with Gasteiger partial charge in [0.2, 0.25) is 0 Å². The third kappa shape index (κ3) is 1.48. The van der Waals surface area contributed by atoms with E-state index in [4.69, 9.17) is 4.74 Å². The predicted octanol–water partition coefficient (Wildman–Crippen LogP) is 1.13. The minimum Gasteiger partial charge on any atom is -0.378 e. The molecule has 0 bridgehead atoms. The van der Waals surface area contributed by atoms with Crippen molar-refractivity contribution in [3.63, 3.8) is 0 Å². The normalized spacial score (nSPS) is 21.4. The second kappa shape index (κ2) is 3.84. The quantitative estimate of drug-likeness (QED) is 0.784. The molecule has 1 N–H and O–H groups in total. The summed E-state index contributed by atoms with van der Waals surface area (Å²) in [5.74, 6) is 0.548. The molecule has 1 unspecified atom stereocenters. The van der Waals surface area contributed by atoms with Crippen molar-refractivity contribution >= 4 is 5.52 Å². The molecule has 0 amide bonds. The van der Waals surface area contributed by atoms with Gasteiger partial charge in [-0.1, -0.05) is 0 Å². The van der Waals surface area contributed by atoms with Gasteiger partial charge in [0.05, 0.1) is 25.5 Å². The Morgan fingerprint density at radius 2 is 2.50 bits per heavy atom. The molecule has 0 saturated carbocycles. The molecule has 5 heteroatoms. The van der Waals surface area contributed by atoms with E-state index in [2.05, 4.69) is 10.3 Å². The Hall–Kier alpha value is -1.46. The van der Waals surface area contributed by atoms with E-state index < -0.39 is 0 Å². The van der Waals surface area contributed by atoms with Gasteiger partial charge in [0.25, 0.3) is 0 Å². The van der Waals surface area contributed by atoms with Gasteiger partial charge >= 0.3 is 0 Å². The van der Waals surface area contributed by atoms with Crippen LogP contribution in [0, 0.1) is 5.82 Å². The number of hydrogen-bond acceptors (Lipinski definition) is 3. The molecule has 0 spiro atoms. The van der Waals surface area contributed by atoms with Crippen LogP contribution in [0.2, 0.25) is 0 Å². The molecule has 2 aromatic heterocycles. The number of aromatic nitrogens is 2. The minimum atomic E-state index is -0.252. The first kappa shape index (κ1) is 9.74. The zero-order valence-corrected chi connectivity index (χ0v) is 8.69. The molecule has 1 fully saturated rings. The fraction of sp³-hybridized carbons (Fsp3) is 0.364. The number of ether oxygens (including phenoxy) is 1. The molecule has 0 radical (unpaired) electrons. The summed E-state index contributed by atoms with van der Waals surface area (Å²) in [6.45, 7) is 2.10. The van der Waals surface area contributed by atoms with Crippen molar-refractivity contribution in [2.45, 2.75) is 6.04 Å². The number of morpholine rings is 1. The van der Waals surface area contributed by atoms with Crippen LogP contribution in [0.15, 0.2) is 24.5 Å². The van der Waals surface area contributed by atoms with E-state index in [-0.39, 0.29) is 11.9 Å². The van der Waals surface area contributed by atoms with Gasteiger partial charge in [0.1, 0.15) is 17.2 Å². The van der Waals surface area contributed by atoms with E-state index in [1.54, 1.807) is 16.7 Å². The highest BCUT2D eigenvalue weighted by Crippen LogP contribution is 2.18. The molecule has 1 aliphatic heterocycles. The number of nitrogens with zero attached hydrogens (tertiary/aromatic N) is 2. The predicted molar refractivity (Wildman–Crippen MR) is 56.7 cm³/mol. The lowest BCUT2D eigenvalue weighted by molar-refractivity contribution is 0.0740. The zero-order chi connectivity index (χ0) is 11.0. The summed E-state index contributed by atoms with van der Waals surface area (Å²) in [5, 5.41) is 3.30. The fourth-order valence-corrected chi connectivity index (χ4v) is 2.00. The Morgan fingerprint density at radius 1 is 1.56 bits per heavy atom. The topological polar surface area (TPSA) is 38.6 Å². The van der Waals surface area contributed by atoms with Crippen LogP contribution in [-0.4, -0.2) is 29.1 Å². The number of nitrogens with one attached hydrogen (secondary N) is 1. The highest BCUT2D eigenvalue weighted by Gasteiger charge is 2.20. The lowest BCUT2D eigenvalue weighted by Crippen LogP contribution is -2.35. The van der Waals surface area contributed by atoms with Gasteiger partial charge in [0, 0.05) is 12.7 Å². The monoisotopic (exact) mass is 221 g/mol. The van der Waals surface area contributed by atoms with E-state index in [0.717, 1.165) is 12.4 Å². The molecule has 3 heterocycles. The number of imidazole rings is 1. The van der Waals surface area contributed by atoms with Gasteiger partial charge in [-0.3, -0.25) is 4.40 Å². The van der Waals surface area contributed by atoms with Crippen molar-refractivity contribution in [1.29, 1.82) is 0 Å². The minimum absolute atomic E-state index is 0.0399. The summed E-state index contributed by atoms with van der Waals surface area (Å²) in [6.07, 6.45) is 3.37. The highest BCUT2D eigenvalue weighted by molar-refractivity contribution is 5.47. The van der Waals surface area contributed by atoms with Crippen molar-refractivity contribution < 1.29 is 9.13 Å². The van der Waals surface area contributed by atoms with E-state index >= 15 is 0 Å². The first-order chi connectivity index (χ1) is 7.86. The Bertz CT molecular complexity index is 505. The van der Waals surface area contributed by atoms with Gasteiger partial charge in [-0.25, -0.2) is 9.37 Å². The SMILES string of the molecule is Fc1cccn2c(C3COCCN3)ncc12. The van der Waals surface area contributed by atoms with Crippen LogP contribution in [-0.2, 0) is 4.74 Å². The Balaban J connectivity index is 2.06. The van der Waals surface area contributed by atoms with Gasteiger partial charge in [-0.15, -0.1) is 0 Å². The molecule has 0 aromatic carbocycles. The van der Waals surface area contributed by atoms with Gasteiger partial charge in [-0.2, -0.15) is 0 Å². The maximum absolute atomic E-state index is 13.5. The lowest BCUT2D eigenvalue weighted by Gasteiger charge is -2.22. The van der Waals surface area contributed by atoms with Crippen molar-refractivity contribution in [2.75, 3.05) is 19.8 Å². The first-order valence-electron chi connectivity index (χ1n) is 5.29. The van der Waals surface area contributed by atoms with E-state index in [1.807, 2.05) is 6.20 Å². The van der Waals surface area contributed by atoms with Crippen molar-refractivity contribution in [3.8, 4) is 0 Å². The average molecular weight is 221 g/mol. The smallest absolute Gasteiger partial charge is 0.148 e. The Labute approximate surface area is 92.1 Å². The number of pyridine rings is 1. The number of hydrogen-bond donors (Lipinski definition) is 1. The van der Waals surface area contributed by atoms with E-state index in [9.17, 15) is 4.39 Å². The van der Waals surface area contributed by atoms with Crippen LogP contribution in [0.25, 0.3) is 5.52 Å². The van der Waals surface area contributed by atoms with Gasteiger partial charge in [0.15, 0.2) is 0 Å². The molecule has 3 rings (SSSR count). The van der Waals surface area contributed by atoms with E-state index in [1.165, 1.54) is 6.07 Å². The molecular weight excluding hydrogens is 209 g/mol. The molecule has 2 aromatic rings. The molecule has 1 atom stereocenters.